The molecule has 2 rings (SSSR count). The Hall–Kier alpha value is -1.27. The topological polar surface area (TPSA) is 35.0 Å². The summed E-state index contributed by atoms with van der Waals surface area (Å²) in [5.74, 6) is 4.15. The van der Waals surface area contributed by atoms with Crippen LogP contribution in [0.1, 0.15) is 31.5 Å². The van der Waals surface area contributed by atoms with Crippen molar-refractivity contribution in [3.63, 3.8) is 0 Å². The summed E-state index contributed by atoms with van der Waals surface area (Å²) in [7, 11) is 0. The highest BCUT2D eigenvalue weighted by molar-refractivity contribution is 6.29. The zero-order valence-corrected chi connectivity index (χ0v) is 9.16. The van der Waals surface area contributed by atoms with E-state index in [4.69, 9.17) is 22.8 Å². The number of terminal acetylenes is 1. The van der Waals surface area contributed by atoms with Crippen LogP contribution in [-0.2, 0) is 0 Å². The summed E-state index contributed by atoms with van der Waals surface area (Å²) in [5.41, 5.74) is 0. The van der Waals surface area contributed by atoms with E-state index < -0.39 is 0 Å². The number of halogens is 1. The highest BCUT2D eigenvalue weighted by atomic mass is 35.5. The Kier molecular flexibility index (Phi) is 2.79. The van der Waals surface area contributed by atoms with E-state index in [9.17, 15) is 0 Å². The molecule has 1 aliphatic rings. The second kappa shape index (κ2) is 4.08. The Morgan fingerprint density at radius 1 is 1.60 bits per heavy atom. The predicted molar refractivity (Wildman–Crippen MR) is 57.9 cm³/mol. The lowest BCUT2D eigenvalue weighted by molar-refractivity contribution is 0.266. The van der Waals surface area contributed by atoms with Gasteiger partial charge in [0.25, 0.3) is 0 Å². The van der Waals surface area contributed by atoms with E-state index >= 15 is 0 Å². The van der Waals surface area contributed by atoms with E-state index in [0.717, 1.165) is 18.7 Å². The van der Waals surface area contributed by atoms with Crippen LogP contribution in [-0.4, -0.2) is 16.1 Å². The van der Waals surface area contributed by atoms with E-state index in [1.165, 1.54) is 0 Å². The van der Waals surface area contributed by atoms with E-state index in [-0.39, 0.29) is 6.10 Å². The molecule has 1 aromatic heterocycles. The van der Waals surface area contributed by atoms with Crippen LogP contribution in [0.3, 0.4) is 0 Å². The van der Waals surface area contributed by atoms with Crippen molar-refractivity contribution in [2.45, 2.75) is 31.8 Å². The highest BCUT2D eigenvalue weighted by Gasteiger charge is 2.27. The third-order valence-corrected chi connectivity index (χ3v) is 2.36. The normalized spacial score (nSPS) is 16.9. The Bertz CT molecular complexity index is 410. The Labute approximate surface area is 93.8 Å². The van der Waals surface area contributed by atoms with Crippen LogP contribution in [0.2, 0.25) is 5.15 Å². The van der Waals surface area contributed by atoms with Crippen LogP contribution in [0.15, 0.2) is 6.07 Å². The van der Waals surface area contributed by atoms with Gasteiger partial charge in [-0.1, -0.05) is 17.5 Å². The number of aromatic nitrogens is 2. The Morgan fingerprint density at radius 2 is 2.33 bits per heavy atom. The third kappa shape index (κ3) is 2.60. The number of rotatable bonds is 3. The molecule has 0 aliphatic heterocycles. The van der Waals surface area contributed by atoms with Crippen molar-refractivity contribution in [1.82, 2.24) is 9.97 Å². The van der Waals surface area contributed by atoms with Gasteiger partial charge in [-0.3, -0.25) is 0 Å². The van der Waals surface area contributed by atoms with Crippen molar-refractivity contribution in [3.05, 3.63) is 17.0 Å². The molecule has 0 saturated heterocycles. The molecule has 1 atom stereocenters. The van der Waals surface area contributed by atoms with Crippen molar-refractivity contribution in [1.29, 1.82) is 0 Å². The molecule has 1 aromatic rings. The van der Waals surface area contributed by atoms with Gasteiger partial charge in [-0.05, 0) is 19.8 Å². The van der Waals surface area contributed by atoms with Gasteiger partial charge in [0.05, 0.1) is 0 Å². The first kappa shape index (κ1) is 10.3. The lowest BCUT2D eigenvalue weighted by Crippen LogP contribution is -2.10. The standard InChI is InChI=1S/C11H11ClN2O/c1-3-7(2)15-10-6-9(12)13-11(14-10)8-4-5-8/h1,6-8H,4-5H2,2H3. The minimum Gasteiger partial charge on any atom is -0.461 e. The number of ether oxygens (including phenoxy) is 1. The van der Waals surface area contributed by atoms with E-state index in [1.54, 1.807) is 13.0 Å². The van der Waals surface area contributed by atoms with Crippen LogP contribution in [0.5, 0.6) is 5.88 Å². The summed E-state index contributed by atoms with van der Waals surface area (Å²) in [4.78, 5) is 8.42. The minimum atomic E-state index is -0.303. The summed E-state index contributed by atoms with van der Waals surface area (Å²) >= 11 is 5.87. The minimum absolute atomic E-state index is 0.303. The number of hydrogen-bond acceptors (Lipinski definition) is 3. The molecule has 0 aromatic carbocycles. The van der Waals surface area contributed by atoms with Gasteiger partial charge in [0, 0.05) is 12.0 Å². The summed E-state index contributed by atoms with van der Waals surface area (Å²) in [6.07, 6.45) is 7.17. The van der Waals surface area contributed by atoms with E-state index in [2.05, 4.69) is 15.9 Å². The molecule has 1 unspecified atom stereocenters. The largest absolute Gasteiger partial charge is 0.461 e. The average Bonchev–Trinajstić information content (AvgIpc) is 2.99. The maximum absolute atomic E-state index is 5.87. The van der Waals surface area contributed by atoms with Gasteiger partial charge < -0.3 is 4.74 Å². The predicted octanol–water partition coefficient (Wildman–Crippen LogP) is 2.41. The fourth-order valence-electron chi connectivity index (χ4n) is 1.21. The first-order chi connectivity index (χ1) is 7.19. The summed E-state index contributed by atoms with van der Waals surface area (Å²) in [6, 6.07) is 1.58. The maximum Gasteiger partial charge on any atom is 0.219 e. The Morgan fingerprint density at radius 3 is 2.93 bits per heavy atom. The van der Waals surface area contributed by atoms with Gasteiger partial charge >= 0.3 is 0 Å². The molecule has 0 N–H and O–H groups in total. The smallest absolute Gasteiger partial charge is 0.219 e. The van der Waals surface area contributed by atoms with Crippen molar-refractivity contribution >= 4 is 11.6 Å². The first-order valence-electron chi connectivity index (χ1n) is 4.86. The number of hydrogen-bond donors (Lipinski definition) is 0. The molecule has 15 heavy (non-hydrogen) atoms. The monoisotopic (exact) mass is 222 g/mol. The van der Waals surface area contributed by atoms with Gasteiger partial charge in [0.2, 0.25) is 5.88 Å². The molecule has 78 valence electrons. The molecule has 1 fully saturated rings. The van der Waals surface area contributed by atoms with E-state index in [0.29, 0.717) is 17.0 Å². The zero-order valence-electron chi connectivity index (χ0n) is 8.40. The second-order valence-electron chi connectivity index (χ2n) is 3.59. The number of nitrogens with zero attached hydrogens (tertiary/aromatic N) is 2. The molecule has 4 heteroatoms. The SMILES string of the molecule is C#CC(C)Oc1cc(Cl)nc(C2CC2)n1. The van der Waals surface area contributed by atoms with Crippen LogP contribution >= 0.6 is 11.6 Å². The van der Waals surface area contributed by atoms with Crippen LogP contribution < -0.4 is 4.74 Å². The molecular formula is C11H11ClN2O. The lowest BCUT2D eigenvalue weighted by atomic mass is 10.4. The van der Waals surface area contributed by atoms with Gasteiger partial charge in [-0.2, -0.15) is 4.98 Å². The molecule has 1 heterocycles. The molecule has 1 aliphatic carbocycles. The first-order valence-corrected chi connectivity index (χ1v) is 5.24. The zero-order chi connectivity index (χ0) is 10.8. The molecule has 0 bridgehead atoms. The van der Waals surface area contributed by atoms with E-state index in [1.807, 2.05) is 0 Å². The fourth-order valence-corrected chi connectivity index (χ4v) is 1.39. The maximum atomic E-state index is 5.87. The van der Waals surface area contributed by atoms with Gasteiger partial charge in [0.15, 0.2) is 6.10 Å². The van der Waals surface area contributed by atoms with Crippen LogP contribution in [0.4, 0.5) is 0 Å². The van der Waals surface area contributed by atoms with Crippen LogP contribution in [0, 0.1) is 12.3 Å². The van der Waals surface area contributed by atoms with Crippen molar-refractivity contribution < 1.29 is 4.74 Å². The van der Waals surface area contributed by atoms with Gasteiger partial charge in [0.1, 0.15) is 11.0 Å². The van der Waals surface area contributed by atoms with Crippen molar-refractivity contribution in [3.8, 4) is 18.2 Å². The molecule has 3 nitrogen and oxygen atoms in total. The summed E-state index contributed by atoms with van der Waals surface area (Å²) < 4.78 is 5.39. The molecular weight excluding hydrogens is 212 g/mol. The quantitative estimate of drug-likeness (QED) is 0.582. The second-order valence-corrected chi connectivity index (χ2v) is 3.98. The van der Waals surface area contributed by atoms with Gasteiger partial charge in [-0.15, -0.1) is 6.42 Å². The third-order valence-electron chi connectivity index (χ3n) is 2.16. The summed E-state index contributed by atoms with van der Waals surface area (Å²) in [6.45, 7) is 1.78. The molecule has 1 saturated carbocycles. The van der Waals surface area contributed by atoms with Gasteiger partial charge in [-0.25, -0.2) is 4.98 Å². The van der Waals surface area contributed by atoms with Crippen LogP contribution in [0.25, 0.3) is 0 Å². The molecule has 0 spiro atoms. The molecule has 0 radical (unpaired) electrons. The fraction of sp³-hybridized carbons (Fsp3) is 0.455. The lowest BCUT2D eigenvalue weighted by Gasteiger charge is -2.08. The molecule has 0 amide bonds. The van der Waals surface area contributed by atoms with Crippen molar-refractivity contribution in [2.24, 2.45) is 0 Å². The Balaban J connectivity index is 2.20. The highest BCUT2D eigenvalue weighted by Crippen LogP contribution is 2.39. The van der Waals surface area contributed by atoms with Crippen molar-refractivity contribution in [2.75, 3.05) is 0 Å². The summed E-state index contributed by atoms with van der Waals surface area (Å²) in [5, 5.41) is 0.408. The average molecular weight is 223 g/mol.